The predicted molar refractivity (Wildman–Crippen MR) is 118 cm³/mol. The fourth-order valence-electron chi connectivity index (χ4n) is 3.38. The molecule has 0 N–H and O–H groups in total. The third kappa shape index (κ3) is 4.14. The van der Waals surface area contributed by atoms with Gasteiger partial charge in [-0.15, -0.1) is 0 Å². The summed E-state index contributed by atoms with van der Waals surface area (Å²) in [6.07, 6.45) is 1.88. The largest absolute Gasteiger partial charge is 0.318 e. The number of Topliss-reactive ketones (excluding diaryl/α,β-unsaturated/α-hetero) is 1. The number of benzene rings is 2. The van der Waals surface area contributed by atoms with E-state index in [1.165, 1.54) is 11.3 Å². The van der Waals surface area contributed by atoms with Crippen molar-refractivity contribution in [2.45, 2.75) is 47.0 Å². The van der Waals surface area contributed by atoms with Crippen LogP contribution in [0.1, 0.15) is 60.6 Å². The van der Waals surface area contributed by atoms with E-state index in [4.69, 9.17) is 0 Å². The van der Waals surface area contributed by atoms with Crippen molar-refractivity contribution in [3.8, 4) is 5.69 Å². The smallest absolute Gasteiger partial charge is 0.159 e. The number of nitrogens with zero attached hydrogens (tertiary/aromatic N) is 2. The molecule has 2 aromatic carbocycles. The molecule has 0 aliphatic carbocycles. The second kappa shape index (κ2) is 7.59. The number of carbonyl (C=O) groups excluding carboxylic acids is 1. The summed E-state index contributed by atoms with van der Waals surface area (Å²) < 4.78 is 2.25. The van der Waals surface area contributed by atoms with Crippen molar-refractivity contribution >= 4 is 17.7 Å². The Morgan fingerprint density at radius 1 is 1.00 bits per heavy atom. The average molecular weight is 373 g/mol. The van der Waals surface area contributed by atoms with Crippen LogP contribution in [0.5, 0.6) is 0 Å². The summed E-state index contributed by atoms with van der Waals surface area (Å²) in [6, 6.07) is 18.3. The normalized spacial score (nSPS) is 11.9. The fraction of sp³-hybridized carbons (Fsp3) is 0.280. The maximum atomic E-state index is 11.6. The number of ketones is 1. The molecule has 0 radical (unpaired) electrons. The number of aromatic nitrogens is 1. The Kier molecular flexibility index (Phi) is 5.37. The molecule has 0 saturated carbocycles. The van der Waals surface area contributed by atoms with E-state index in [1.807, 2.05) is 30.5 Å². The first-order valence-electron chi connectivity index (χ1n) is 9.62. The maximum absolute atomic E-state index is 11.6. The van der Waals surface area contributed by atoms with Crippen molar-refractivity contribution in [3.05, 3.63) is 82.7 Å². The lowest BCUT2D eigenvalue weighted by atomic mass is 9.87. The van der Waals surface area contributed by atoms with Gasteiger partial charge in [-0.1, -0.05) is 45.0 Å². The lowest BCUT2D eigenvalue weighted by molar-refractivity contribution is 0.101. The lowest BCUT2D eigenvalue weighted by Crippen LogP contribution is -2.11. The van der Waals surface area contributed by atoms with Crippen molar-refractivity contribution in [2.24, 2.45) is 4.99 Å². The van der Waals surface area contributed by atoms with E-state index in [1.54, 1.807) is 6.92 Å². The van der Waals surface area contributed by atoms with Crippen LogP contribution in [0, 0.1) is 13.8 Å². The molecule has 0 saturated heterocycles. The van der Waals surface area contributed by atoms with Crippen LogP contribution in [-0.4, -0.2) is 16.6 Å². The van der Waals surface area contributed by atoms with Gasteiger partial charge in [-0.05, 0) is 62.1 Å². The number of aryl methyl sites for hydroxylation is 1. The second-order valence-electron chi connectivity index (χ2n) is 8.32. The van der Waals surface area contributed by atoms with Gasteiger partial charge >= 0.3 is 0 Å². The van der Waals surface area contributed by atoms with Crippen LogP contribution in [-0.2, 0) is 5.41 Å². The average Bonchev–Trinajstić information content (AvgIpc) is 2.93. The summed E-state index contributed by atoms with van der Waals surface area (Å²) in [5, 5.41) is 0. The molecule has 0 aliphatic heterocycles. The zero-order chi connectivity index (χ0) is 20.5. The Morgan fingerprint density at radius 3 is 2.29 bits per heavy atom. The molecule has 0 bridgehead atoms. The molecule has 3 rings (SSSR count). The zero-order valence-corrected chi connectivity index (χ0v) is 17.6. The van der Waals surface area contributed by atoms with Gasteiger partial charge in [-0.2, -0.15) is 0 Å². The van der Waals surface area contributed by atoms with E-state index in [2.05, 4.69) is 74.5 Å². The second-order valence-corrected chi connectivity index (χ2v) is 8.32. The van der Waals surface area contributed by atoms with Gasteiger partial charge in [-0.25, -0.2) is 0 Å². The molecule has 28 heavy (non-hydrogen) atoms. The number of hydrogen-bond donors (Lipinski definition) is 0. The number of hydrogen-bond acceptors (Lipinski definition) is 2. The minimum absolute atomic E-state index is 0.0499. The third-order valence-corrected chi connectivity index (χ3v) is 5.07. The molecule has 3 nitrogen and oxygen atoms in total. The molecule has 3 aromatic rings. The van der Waals surface area contributed by atoms with Crippen molar-refractivity contribution in [2.75, 3.05) is 0 Å². The molecule has 144 valence electrons. The Balaban J connectivity index is 1.92. The van der Waals surface area contributed by atoms with Crippen LogP contribution < -0.4 is 0 Å². The van der Waals surface area contributed by atoms with Gasteiger partial charge in [-0.3, -0.25) is 9.79 Å². The van der Waals surface area contributed by atoms with E-state index in [0.717, 1.165) is 22.6 Å². The van der Waals surface area contributed by atoms with Crippen molar-refractivity contribution in [1.29, 1.82) is 0 Å². The minimum atomic E-state index is 0.0499. The Bertz CT molecular complexity index is 1030. The predicted octanol–water partition coefficient (Wildman–Crippen LogP) is 6.34. The Morgan fingerprint density at radius 2 is 1.68 bits per heavy atom. The third-order valence-electron chi connectivity index (χ3n) is 5.07. The summed E-state index contributed by atoms with van der Waals surface area (Å²) in [4.78, 5) is 16.1. The van der Waals surface area contributed by atoms with Crippen molar-refractivity contribution in [3.63, 3.8) is 0 Å². The van der Waals surface area contributed by atoms with E-state index in [9.17, 15) is 4.79 Å². The van der Waals surface area contributed by atoms with Gasteiger partial charge in [0.25, 0.3) is 0 Å². The Labute approximate surface area is 167 Å². The van der Waals surface area contributed by atoms with E-state index in [0.29, 0.717) is 5.56 Å². The topological polar surface area (TPSA) is 34.4 Å². The van der Waals surface area contributed by atoms with Gasteiger partial charge in [0, 0.05) is 34.4 Å². The van der Waals surface area contributed by atoms with Crippen LogP contribution in [0.2, 0.25) is 0 Å². The summed E-state index contributed by atoms with van der Waals surface area (Å²) in [7, 11) is 0. The zero-order valence-electron chi connectivity index (χ0n) is 17.6. The molecule has 0 atom stereocenters. The SMILES string of the molecule is CC(=O)c1cccc(N=Cc2cc(C)n(-c3ccc(C(C)(C)C)cc3)c2C)c1. The van der Waals surface area contributed by atoms with E-state index in [-0.39, 0.29) is 11.2 Å². The van der Waals surface area contributed by atoms with Crippen LogP contribution in [0.4, 0.5) is 5.69 Å². The van der Waals surface area contributed by atoms with E-state index < -0.39 is 0 Å². The first kappa shape index (κ1) is 19.8. The number of aliphatic imine (C=N–C) groups is 1. The Hall–Kier alpha value is -2.94. The first-order chi connectivity index (χ1) is 13.2. The summed E-state index contributed by atoms with van der Waals surface area (Å²) in [5.74, 6) is 0.0499. The lowest BCUT2D eigenvalue weighted by Gasteiger charge is -2.20. The van der Waals surface area contributed by atoms with Gasteiger partial charge in [0.15, 0.2) is 5.78 Å². The standard InChI is InChI=1S/C25H28N2O/c1-17-14-21(16-26-23-9-7-8-20(15-23)19(3)28)18(2)27(17)24-12-10-22(11-13-24)25(4,5)6/h7-16H,1-6H3. The van der Waals surface area contributed by atoms with Gasteiger partial charge < -0.3 is 4.57 Å². The monoisotopic (exact) mass is 372 g/mol. The van der Waals surface area contributed by atoms with Gasteiger partial charge in [0.05, 0.1) is 5.69 Å². The summed E-state index contributed by atoms with van der Waals surface area (Å²) >= 11 is 0. The van der Waals surface area contributed by atoms with Crippen LogP contribution in [0.15, 0.2) is 59.6 Å². The highest BCUT2D eigenvalue weighted by atomic mass is 16.1. The molecule has 0 amide bonds. The minimum Gasteiger partial charge on any atom is -0.318 e. The molecule has 1 heterocycles. The molecule has 0 fully saturated rings. The van der Waals surface area contributed by atoms with Crippen molar-refractivity contribution in [1.82, 2.24) is 4.57 Å². The number of rotatable bonds is 4. The summed E-state index contributed by atoms with van der Waals surface area (Å²) in [6.45, 7) is 12.5. The van der Waals surface area contributed by atoms with Crippen molar-refractivity contribution < 1.29 is 4.79 Å². The quantitative estimate of drug-likeness (QED) is 0.388. The summed E-state index contributed by atoms with van der Waals surface area (Å²) in [5.41, 5.74) is 7.47. The molecule has 1 aromatic heterocycles. The number of carbonyl (C=O) groups is 1. The van der Waals surface area contributed by atoms with Gasteiger partial charge in [0.1, 0.15) is 0 Å². The first-order valence-corrected chi connectivity index (χ1v) is 9.62. The molecular formula is C25H28N2O. The molecular weight excluding hydrogens is 344 g/mol. The fourth-order valence-corrected chi connectivity index (χ4v) is 3.38. The molecule has 0 aliphatic rings. The van der Waals surface area contributed by atoms with E-state index >= 15 is 0 Å². The van der Waals surface area contributed by atoms with Crippen LogP contribution >= 0.6 is 0 Å². The molecule has 3 heteroatoms. The highest BCUT2D eigenvalue weighted by Gasteiger charge is 2.14. The molecule has 0 unspecified atom stereocenters. The maximum Gasteiger partial charge on any atom is 0.159 e. The molecule has 0 spiro atoms. The highest BCUT2D eigenvalue weighted by molar-refractivity contribution is 5.95. The highest BCUT2D eigenvalue weighted by Crippen LogP contribution is 2.26. The van der Waals surface area contributed by atoms with Crippen LogP contribution in [0.25, 0.3) is 5.69 Å². The van der Waals surface area contributed by atoms with Crippen LogP contribution in [0.3, 0.4) is 0 Å². The van der Waals surface area contributed by atoms with Gasteiger partial charge in [0.2, 0.25) is 0 Å².